The summed E-state index contributed by atoms with van der Waals surface area (Å²) in [4.78, 5) is 42.1. The molecule has 2 aromatic carbocycles. The van der Waals surface area contributed by atoms with Crippen molar-refractivity contribution in [2.24, 2.45) is 0 Å². The fourth-order valence-corrected chi connectivity index (χ4v) is 3.97. The molecule has 0 saturated carbocycles. The average molecular weight is 408 g/mol. The number of hydrogen-bond acceptors (Lipinski definition) is 3. The number of unbranched alkanes of at least 4 members (excludes halogenated alkanes) is 1. The lowest BCUT2D eigenvalue weighted by Gasteiger charge is -2.29. The van der Waals surface area contributed by atoms with E-state index in [1.54, 1.807) is 4.90 Å². The predicted molar refractivity (Wildman–Crippen MR) is 117 cm³/mol. The lowest BCUT2D eigenvalue weighted by atomic mass is 9.85. The first-order chi connectivity index (χ1) is 14.4. The third-order valence-electron chi connectivity index (χ3n) is 5.46. The number of para-hydroxylation sites is 1. The van der Waals surface area contributed by atoms with Crippen LogP contribution in [0.25, 0.3) is 0 Å². The predicted octanol–water partition coefficient (Wildman–Crippen LogP) is 4.07. The summed E-state index contributed by atoms with van der Waals surface area (Å²) in [6.45, 7) is 5.57. The number of nitrogens with one attached hydrogen (secondary N) is 1. The van der Waals surface area contributed by atoms with Crippen LogP contribution in [-0.2, 0) is 15.1 Å². The van der Waals surface area contributed by atoms with Gasteiger partial charge in [0.05, 0.1) is 0 Å². The molecule has 0 spiro atoms. The van der Waals surface area contributed by atoms with Crippen LogP contribution in [-0.4, -0.2) is 35.3 Å². The Bertz CT molecular complexity index is 898. The highest BCUT2D eigenvalue weighted by Gasteiger charge is 2.52. The lowest BCUT2D eigenvalue weighted by molar-refractivity contribution is -0.135. The van der Waals surface area contributed by atoms with Gasteiger partial charge in [-0.1, -0.05) is 68.3 Å². The van der Waals surface area contributed by atoms with Gasteiger partial charge in [-0.15, -0.1) is 0 Å². The van der Waals surface area contributed by atoms with E-state index in [9.17, 15) is 14.4 Å². The van der Waals surface area contributed by atoms with E-state index < -0.39 is 11.6 Å². The van der Waals surface area contributed by atoms with Crippen molar-refractivity contribution in [2.45, 2.75) is 51.6 Å². The highest BCUT2D eigenvalue weighted by atomic mass is 16.2. The summed E-state index contributed by atoms with van der Waals surface area (Å²) < 4.78 is 0. The fourth-order valence-electron chi connectivity index (χ4n) is 3.97. The van der Waals surface area contributed by atoms with Gasteiger partial charge >= 0.3 is 6.03 Å². The van der Waals surface area contributed by atoms with Gasteiger partial charge in [0.15, 0.2) is 0 Å². The SMILES string of the molecule is CCCCC1(c2ccccc2)NC(=O)N(CC(=O)N(c2ccccc2)C(C)C)C1=O. The highest BCUT2D eigenvalue weighted by molar-refractivity contribution is 6.10. The topological polar surface area (TPSA) is 69.7 Å². The van der Waals surface area contributed by atoms with Crippen molar-refractivity contribution in [1.82, 2.24) is 10.2 Å². The molecule has 1 aliphatic rings. The Kier molecular flexibility index (Phi) is 6.55. The van der Waals surface area contributed by atoms with E-state index in [0.29, 0.717) is 6.42 Å². The van der Waals surface area contributed by atoms with Crippen LogP contribution in [0.5, 0.6) is 0 Å². The Morgan fingerprint density at radius 2 is 1.63 bits per heavy atom. The summed E-state index contributed by atoms with van der Waals surface area (Å²) in [5.41, 5.74) is 0.365. The number of carbonyl (C=O) groups is 3. The summed E-state index contributed by atoms with van der Waals surface area (Å²) in [7, 11) is 0. The number of nitrogens with zero attached hydrogens (tertiary/aromatic N) is 2. The molecule has 1 unspecified atom stereocenters. The number of carbonyl (C=O) groups excluding carboxylic acids is 3. The normalized spacial score (nSPS) is 18.6. The Morgan fingerprint density at radius 3 is 2.20 bits per heavy atom. The number of anilines is 1. The second kappa shape index (κ2) is 9.11. The fraction of sp³-hybridized carbons (Fsp3) is 0.375. The molecule has 1 atom stereocenters. The molecule has 0 radical (unpaired) electrons. The van der Waals surface area contributed by atoms with Gasteiger partial charge in [-0.05, 0) is 38.0 Å². The average Bonchev–Trinajstić information content (AvgIpc) is 2.98. The molecule has 30 heavy (non-hydrogen) atoms. The summed E-state index contributed by atoms with van der Waals surface area (Å²) in [5.74, 6) is -0.656. The Hall–Kier alpha value is -3.15. The van der Waals surface area contributed by atoms with E-state index in [0.717, 1.165) is 29.0 Å². The number of rotatable bonds is 8. The molecule has 0 aliphatic carbocycles. The van der Waals surface area contributed by atoms with Crippen molar-refractivity contribution < 1.29 is 14.4 Å². The lowest BCUT2D eigenvalue weighted by Crippen LogP contribution is -2.47. The zero-order valence-electron chi connectivity index (χ0n) is 17.8. The van der Waals surface area contributed by atoms with E-state index in [4.69, 9.17) is 0 Å². The molecule has 3 rings (SSSR count). The van der Waals surface area contributed by atoms with Crippen LogP contribution in [0.4, 0.5) is 10.5 Å². The summed E-state index contributed by atoms with van der Waals surface area (Å²) in [6, 6.07) is 17.9. The van der Waals surface area contributed by atoms with E-state index >= 15 is 0 Å². The number of amides is 4. The maximum atomic E-state index is 13.5. The van der Waals surface area contributed by atoms with Crippen molar-refractivity contribution in [3.8, 4) is 0 Å². The highest BCUT2D eigenvalue weighted by Crippen LogP contribution is 2.34. The molecule has 158 valence electrons. The second-order valence-corrected chi connectivity index (χ2v) is 7.89. The van der Waals surface area contributed by atoms with Gasteiger partial charge in [0.2, 0.25) is 5.91 Å². The largest absolute Gasteiger partial charge is 0.325 e. The van der Waals surface area contributed by atoms with Gasteiger partial charge in [0.25, 0.3) is 5.91 Å². The first-order valence-electron chi connectivity index (χ1n) is 10.5. The molecule has 0 aromatic heterocycles. The molecule has 0 bridgehead atoms. The Balaban J connectivity index is 1.88. The molecule has 1 heterocycles. The quantitative estimate of drug-likeness (QED) is 0.671. The monoisotopic (exact) mass is 407 g/mol. The summed E-state index contributed by atoms with van der Waals surface area (Å²) in [5, 5.41) is 2.90. The maximum Gasteiger partial charge on any atom is 0.325 e. The van der Waals surface area contributed by atoms with Gasteiger partial charge in [0, 0.05) is 11.7 Å². The van der Waals surface area contributed by atoms with Gasteiger partial charge < -0.3 is 10.2 Å². The molecule has 1 aliphatic heterocycles. The molecule has 1 saturated heterocycles. The Morgan fingerprint density at radius 1 is 1.03 bits per heavy atom. The zero-order chi connectivity index (χ0) is 21.7. The van der Waals surface area contributed by atoms with Gasteiger partial charge in [-0.2, -0.15) is 0 Å². The molecular weight excluding hydrogens is 378 g/mol. The van der Waals surface area contributed by atoms with Crippen molar-refractivity contribution in [3.63, 3.8) is 0 Å². The molecule has 1 fully saturated rings. The zero-order valence-corrected chi connectivity index (χ0v) is 17.8. The van der Waals surface area contributed by atoms with Crippen molar-refractivity contribution in [3.05, 3.63) is 66.2 Å². The maximum absolute atomic E-state index is 13.5. The van der Waals surface area contributed by atoms with E-state index in [1.807, 2.05) is 81.4 Å². The number of urea groups is 1. The molecule has 6 heteroatoms. The molecule has 1 N–H and O–H groups in total. The number of benzene rings is 2. The molecular formula is C24H29N3O3. The minimum atomic E-state index is -1.12. The van der Waals surface area contributed by atoms with Crippen LogP contribution in [0.2, 0.25) is 0 Å². The standard InChI is InChI=1S/C24H29N3O3/c1-4-5-16-24(19-12-8-6-9-13-19)22(29)26(23(30)25-24)17-21(28)27(18(2)3)20-14-10-7-11-15-20/h6-15,18H,4-5,16-17H2,1-3H3,(H,25,30). The first kappa shape index (κ1) is 21.6. The van der Waals surface area contributed by atoms with Gasteiger partial charge in [-0.3, -0.25) is 14.5 Å². The molecule has 2 aromatic rings. The third kappa shape index (κ3) is 4.08. The third-order valence-corrected chi connectivity index (χ3v) is 5.46. The van der Waals surface area contributed by atoms with Crippen molar-refractivity contribution in [2.75, 3.05) is 11.4 Å². The Labute approximate surface area is 177 Å². The van der Waals surface area contributed by atoms with Gasteiger partial charge in [0.1, 0.15) is 12.1 Å². The van der Waals surface area contributed by atoms with E-state index in [1.165, 1.54) is 0 Å². The number of imide groups is 1. The summed E-state index contributed by atoms with van der Waals surface area (Å²) >= 11 is 0. The van der Waals surface area contributed by atoms with Crippen LogP contribution in [0.15, 0.2) is 60.7 Å². The van der Waals surface area contributed by atoms with Crippen molar-refractivity contribution >= 4 is 23.5 Å². The van der Waals surface area contributed by atoms with Crippen LogP contribution in [0.3, 0.4) is 0 Å². The smallest absolute Gasteiger partial charge is 0.319 e. The molecule has 6 nitrogen and oxygen atoms in total. The first-order valence-corrected chi connectivity index (χ1v) is 10.5. The van der Waals surface area contributed by atoms with Crippen LogP contribution < -0.4 is 10.2 Å². The minimum Gasteiger partial charge on any atom is -0.319 e. The number of hydrogen-bond donors (Lipinski definition) is 1. The van der Waals surface area contributed by atoms with Crippen LogP contribution >= 0.6 is 0 Å². The summed E-state index contributed by atoms with van der Waals surface area (Å²) in [6.07, 6.45) is 2.17. The van der Waals surface area contributed by atoms with Crippen LogP contribution in [0, 0.1) is 0 Å². The second-order valence-electron chi connectivity index (χ2n) is 7.89. The minimum absolute atomic E-state index is 0.111. The molecule has 4 amide bonds. The van der Waals surface area contributed by atoms with E-state index in [2.05, 4.69) is 5.32 Å². The van der Waals surface area contributed by atoms with Crippen LogP contribution in [0.1, 0.15) is 45.6 Å². The van der Waals surface area contributed by atoms with Crippen molar-refractivity contribution in [1.29, 1.82) is 0 Å². The van der Waals surface area contributed by atoms with E-state index in [-0.39, 0.29) is 24.4 Å². The van der Waals surface area contributed by atoms with Gasteiger partial charge in [-0.25, -0.2) is 4.79 Å².